The number of methoxy groups -OCH3 is 1. The molecule has 0 aliphatic heterocycles. The van der Waals surface area contributed by atoms with Crippen molar-refractivity contribution in [2.24, 2.45) is 17.8 Å². The average molecular weight is 242 g/mol. The summed E-state index contributed by atoms with van der Waals surface area (Å²) in [6, 6.07) is 0. The summed E-state index contributed by atoms with van der Waals surface area (Å²) in [6.45, 7) is 6.11. The number of carbonyl (C=O) groups excluding carboxylic acids is 1. The van der Waals surface area contributed by atoms with Crippen LogP contribution in [0.1, 0.15) is 52.9 Å². The molecule has 0 aromatic carbocycles. The second-order valence-electron chi connectivity index (χ2n) is 5.72. The SMILES string of the molecule is CCC1CCCC(O)(C(C(=O)OC)C(C)C)C1. The molecule has 3 atom stereocenters. The first-order valence-electron chi connectivity index (χ1n) is 6.74. The van der Waals surface area contributed by atoms with Crippen LogP contribution in [0.15, 0.2) is 0 Å². The van der Waals surface area contributed by atoms with Crippen LogP contribution in [0.25, 0.3) is 0 Å². The van der Waals surface area contributed by atoms with Gasteiger partial charge in [0.15, 0.2) is 0 Å². The zero-order valence-corrected chi connectivity index (χ0v) is 11.5. The number of esters is 1. The molecule has 1 aliphatic carbocycles. The molecule has 1 saturated carbocycles. The summed E-state index contributed by atoms with van der Waals surface area (Å²) in [6.07, 6.45) is 4.72. The molecule has 1 N–H and O–H groups in total. The lowest BCUT2D eigenvalue weighted by Crippen LogP contribution is -2.48. The molecule has 0 aromatic heterocycles. The minimum absolute atomic E-state index is 0.114. The molecule has 0 saturated heterocycles. The number of hydrogen-bond acceptors (Lipinski definition) is 3. The van der Waals surface area contributed by atoms with Gasteiger partial charge in [0.1, 0.15) is 0 Å². The second kappa shape index (κ2) is 5.85. The standard InChI is InChI=1S/C14H26O3/c1-5-11-7-6-8-14(16,9-11)12(10(2)3)13(15)17-4/h10-12,16H,5-9H2,1-4H3. The van der Waals surface area contributed by atoms with Crippen molar-refractivity contribution in [3.8, 4) is 0 Å². The van der Waals surface area contributed by atoms with E-state index in [-0.39, 0.29) is 17.8 Å². The Hall–Kier alpha value is -0.570. The van der Waals surface area contributed by atoms with Crippen LogP contribution in [-0.2, 0) is 9.53 Å². The Morgan fingerprint density at radius 2 is 2.18 bits per heavy atom. The van der Waals surface area contributed by atoms with Gasteiger partial charge in [-0.3, -0.25) is 4.79 Å². The molecule has 3 heteroatoms. The molecule has 3 nitrogen and oxygen atoms in total. The molecule has 100 valence electrons. The zero-order valence-electron chi connectivity index (χ0n) is 11.5. The van der Waals surface area contributed by atoms with Crippen LogP contribution in [0.2, 0.25) is 0 Å². The molecule has 1 fully saturated rings. The van der Waals surface area contributed by atoms with Gasteiger partial charge in [-0.15, -0.1) is 0 Å². The highest BCUT2D eigenvalue weighted by atomic mass is 16.5. The molecule has 0 radical (unpaired) electrons. The van der Waals surface area contributed by atoms with Crippen molar-refractivity contribution in [2.75, 3.05) is 7.11 Å². The molecular formula is C14H26O3. The third kappa shape index (κ3) is 3.21. The van der Waals surface area contributed by atoms with Crippen molar-refractivity contribution in [3.63, 3.8) is 0 Å². The highest BCUT2D eigenvalue weighted by Gasteiger charge is 2.46. The third-order valence-electron chi connectivity index (χ3n) is 4.14. The van der Waals surface area contributed by atoms with Crippen molar-refractivity contribution in [3.05, 3.63) is 0 Å². The lowest BCUT2D eigenvalue weighted by molar-refractivity contribution is -0.164. The Morgan fingerprint density at radius 3 is 2.65 bits per heavy atom. The van der Waals surface area contributed by atoms with Crippen molar-refractivity contribution in [1.82, 2.24) is 0 Å². The Bertz CT molecular complexity index is 262. The van der Waals surface area contributed by atoms with Crippen molar-refractivity contribution < 1.29 is 14.6 Å². The van der Waals surface area contributed by atoms with E-state index < -0.39 is 5.60 Å². The highest BCUT2D eigenvalue weighted by Crippen LogP contribution is 2.41. The zero-order chi connectivity index (χ0) is 13.1. The first kappa shape index (κ1) is 14.5. The van der Waals surface area contributed by atoms with Crippen molar-refractivity contribution in [2.45, 2.75) is 58.5 Å². The number of aliphatic hydroxyl groups is 1. The largest absolute Gasteiger partial charge is 0.469 e. The topological polar surface area (TPSA) is 46.5 Å². The fraction of sp³-hybridized carbons (Fsp3) is 0.929. The number of rotatable bonds is 4. The highest BCUT2D eigenvalue weighted by molar-refractivity contribution is 5.74. The summed E-state index contributed by atoms with van der Waals surface area (Å²) in [7, 11) is 1.40. The van der Waals surface area contributed by atoms with Gasteiger partial charge in [0, 0.05) is 0 Å². The molecule has 0 spiro atoms. The van der Waals surface area contributed by atoms with E-state index in [1.165, 1.54) is 13.5 Å². The van der Waals surface area contributed by atoms with Crippen LogP contribution in [0.5, 0.6) is 0 Å². The van der Waals surface area contributed by atoms with Gasteiger partial charge in [-0.1, -0.05) is 40.0 Å². The van der Waals surface area contributed by atoms with E-state index in [1.807, 2.05) is 13.8 Å². The van der Waals surface area contributed by atoms with Gasteiger partial charge >= 0.3 is 5.97 Å². The molecule has 0 bridgehead atoms. The van der Waals surface area contributed by atoms with E-state index in [2.05, 4.69) is 6.92 Å². The monoisotopic (exact) mass is 242 g/mol. The first-order chi connectivity index (χ1) is 7.94. The molecule has 1 aliphatic rings. The molecule has 17 heavy (non-hydrogen) atoms. The molecular weight excluding hydrogens is 216 g/mol. The maximum Gasteiger partial charge on any atom is 0.311 e. The van der Waals surface area contributed by atoms with Gasteiger partial charge in [-0.25, -0.2) is 0 Å². The smallest absolute Gasteiger partial charge is 0.311 e. The quantitative estimate of drug-likeness (QED) is 0.771. The van der Waals surface area contributed by atoms with E-state index in [9.17, 15) is 9.90 Å². The third-order valence-corrected chi connectivity index (χ3v) is 4.14. The summed E-state index contributed by atoms with van der Waals surface area (Å²) in [4.78, 5) is 11.9. The van der Waals surface area contributed by atoms with Crippen molar-refractivity contribution >= 4 is 5.97 Å². The van der Waals surface area contributed by atoms with Crippen LogP contribution in [0.4, 0.5) is 0 Å². The fourth-order valence-corrected chi connectivity index (χ4v) is 3.27. The predicted octanol–water partition coefficient (Wildman–Crippen LogP) is 2.76. The Morgan fingerprint density at radius 1 is 1.53 bits per heavy atom. The average Bonchev–Trinajstić information content (AvgIpc) is 2.27. The van der Waals surface area contributed by atoms with Crippen LogP contribution in [0.3, 0.4) is 0 Å². The van der Waals surface area contributed by atoms with Crippen LogP contribution in [0, 0.1) is 17.8 Å². The summed E-state index contributed by atoms with van der Waals surface area (Å²) in [5, 5.41) is 10.8. The fourth-order valence-electron chi connectivity index (χ4n) is 3.27. The number of hydrogen-bond donors (Lipinski definition) is 1. The Labute approximate surface area is 105 Å². The number of ether oxygens (including phenoxy) is 1. The van der Waals surface area contributed by atoms with Gasteiger partial charge in [-0.2, -0.15) is 0 Å². The second-order valence-corrected chi connectivity index (χ2v) is 5.72. The number of carbonyl (C=O) groups is 1. The lowest BCUT2D eigenvalue weighted by atomic mass is 9.67. The van der Waals surface area contributed by atoms with E-state index >= 15 is 0 Å². The summed E-state index contributed by atoms with van der Waals surface area (Å²) in [5.41, 5.74) is -0.861. The molecule has 3 unspecified atom stereocenters. The molecule has 0 amide bonds. The normalized spacial score (nSPS) is 31.3. The van der Waals surface area contributed by atoms with Gasteiger partial charge in [-0.05, 0) is 24.7 Å². The molecule has 0 aromatic rings. The van der Waals surface area contributed by atoms with Gasteiger partial charge < -0.3 is 9.84 Å². The molecule has 0 heterocycles. The van der Waals surface area contributed by atoms with Crippen LogP contribution in [-0.4, -0.2) is 23.8 Å². The van der Waals surface area contributed by atoms with Gasteiger partial charge in [0.2, 0.25) is 0 Å². The minimum atomic E-state index is -0.861. The van der Waals surface area contributed by atoms with Crippen molar-refractivity contribution in [1.29, 1.82) is 0 Å². The van der Waals surface area contributed by atoms with Gasteiger partial charge in [0.25, 0.3) is 0 Å². The van der Waals surface area contributed by atoms with Crippen LogP contribution < -0.4 is 0 Å². The lowest BCUT2D eigenvalue weighted by Gasteiger charge is -2.42. The maximum absolute atomic E-state index is 11.9. The summed E-state index contributed by atoms with van der Waals surface area (Å²) < 4.78 is 4.86. The van der Waals surface area contributed by atoms with E-state index in [0.29, 0.717) is 5.92 Å². The minimum Gasteiger partial charge on any atom is -0.469 e. The van der Waals surface area contributed by atoms with Crippen LogP contribution >= 0.6 is 0 Å². The van der Waals surface area contributed by atoms with E-state index in [4.69, 9.17) is 4.74 Å². The van der Waals surface area contributed by atoms with E-state index in [0.717, 1.165) is 25.7 Å². The Kier molecular flexibility index (Phi) is 4.99. The molecule has 1 rings (SSSR count). The Balaban J connectivity index is 2.87. The summed E-state index contributed by atoms with van der Waals surface area (Å²) in [5.74, 6) is 0.00353. The maximum atomic E-state index is 11.9. The summed E-state index contributed by atoms with van der Waals surface area (Å²) >= 11 is 0. The predicted molar refractivity (Wildman–Crippen MR) is 67.5 cm³/mol. The first-order valence-corrected chi connectivity index (χ1v) is 6.74. The van der Waals surface area contributed by atoms with E-state index in [1.54, 1.807) is 0 Å². The van der Waals surface area contributed by atoms with Gasteiger partial charge in [0.05, 0.1) is 18.6 Å².